The van der Waals surface area contributed by atoms with Gasteiger partial charge in [0, 0.05) is 12.3 Å². The van der Waals surface area contributed by atoms with E-state index in [-0.39, 0.29) is 23.3 Å². The quantitative estimate of drug-likeness (QED) is 0.742. The maximum atomic E-state index is 12.1. The van der Waals surface area contributed by atoms with E-state index in [2.05, 4.69) is 5.32 Å². The van der Waals surface area contributed by atoms with E-state index in [1.165, 1.54) is 4.90 Å². The van der Waals surface area contributed by atoms with Crippen molar-refractivity contribution in [1.82, 2.24) is 10.2 Å². The molecule has 1 rings (SSSR count). The molecule has 0 bridgehead atoms. The lowest BCUT2D eigenvalue weighted by Crippen LogP contribution is -2.62. The van der Waals surface area contributed by atoms with Gasteiger partial charge in [-0.2, -0.15) is 0 Å². The largest absolute Gasteiger partial charge is 0.343 e. The zero-order chi connectivity index (χ0) is 14.6. The van der Waals surface area contributed by atoms with Gasteiger partial charge in [0.15, 0.2) is 0 Å². The Balaban J connectivity index is 2.64. The standard InChI is InChI=1S/C12H22N2O4S/c1-4-10-12(16)14(9(3)11(15)13-10)7-6-8-19(17,18)5-2/h9-10H,4-8H2,1-3H3,(H,13,15). The van der Waals surface area contributed by atoms with Gasteiger partial charge in [0.2, 0.25) is 11.8 Å². The Morgan fingerprint density at radius 2 is 1.89 bits per heavy atom. The molecular formula is C12H22N2O4S. The van der Waals surface area contributed by atoms with E-state index < -0.39 is 21.9 Å². The van der Waals surface area contributed by atoms with Gasteiger partial charge in [-0.3, -0.25) is 9.59 Å². The highest BCUT2D eigenvalue weighted by molar-refractivity contribution is 7.91. The highest BCUT2D eigenvalue weighted by Crippen LogP contribution is 2.12. The summed E-state index contributed by atoms with van der Waals surface area (Å²) >= 11 is 0. The first-order valence-corrected chi connectivity index (χ1v) is 8.45. The number of nitrogens with zero attached hydrogens (tertiary/aromatic N) is 1. The molecule has 19 heavy (non-hydrogen) atoms. The molecule has 7 heteroatoms. The topological polar surface area (TPSA) is 83.6 Å². The number of sulfone groups is 1. The van der Waals surface area contributed by atoms with Gasteiger partial charge in [-0.25, -0.2) is 8.42 Å². The first-order chi connectivity index (χ1) is 8.82. The van der Waals surface area contributed by atoms with Gasteiger partial charge in [-0.15, -0.1) is 0 Å². The Labute approximate surface area is 114 Å². The van der Waals surface area contributed by atoms with Crippen LogP contribution in [0.1, 0.15) is 33.6 Å². The Morgan fingerprint density at radius 1 is 1.26 bits per heavy atom. The Kier molecular flexibility index (Phi) is 5.34. The van der Waals surface area contributed by atoms with Gasteiger partial charge >= 0.3 is 0 Å². The van der Waals surface area contributed by atoms with Gasteiger partial charge < -0.3 is 10.2 Å². The lowest BCUT2D eigenvalue weighted by molar-refractivity contribution is -0.148. The molecule has 0 saturated carbocycles. The molecule has 1 heterocycles. The smallest absolute Gasteiger partial charge is 0.245 e. The fourth-order valence-corrected chi connectivity index (χ4v) is 2.92. The fraction of sp³-hybridized carbons (Fsp3) is 0.833. The number of nitrogens with one attached hydrogen (secondary N) is 1. The lowest BCUT2D eigenvalue weighted by atomic mass is 10.1. The highest BCUT2D eigenvalue weighted by atomic mass is 32.2. The minimum absolute atomic E-state index is 0.0540. The Morgan fingerprint density at radius 3 is 2.42 bits per heavy atom. The minimum atomic E-state index is -3.03. The summed E-state index contributed by atoms with van der Waals surface area (Å²) < 4.78 is 22.8. The van der Waals surface area contributed by atoms with Gasteiger partial charge in [-0.05, 0) is 19.8 Å². The number of carbonyl (C=O) groups is 2. The Bertz CT molecular complexity index is 447. The van der Waals surface area contributed by atoms with E-state index in [9.17, 15) is 18.0 Å². The SMILES string of the molecule is CCC1NC(=O)C(C)N(CCCS(=O)(=O)CC)C1=O. The van der Waals surface area contributed by atoms with Gasteiger partial charge in [-0.1, -0.05) is 13.8 Å². The predicted molar refractivity (Wildman–Crippen MR) is 72.3 cm³/mol. The third-order valence-corrected chi connectivity index (χ3v) is 5.24. The molecule has 1 N–H and O–H groups in total. The molecular weight excluding hydrogens is 268 g/mol. The first-order valence-electron chi connectivity index (χ1n) is 6.63. The maximum absolute atomic E-state index is 12.1. The van der Waals surface area contributed by atoms with E-state index in [1.54, 1.807) is 13.8 Å². The van der Waals surface area contributed by atoms with Gasteiger partial charge in [0.1, 0.15) is 21.9 Å². The molecule has 1 aliphatic heterocycles. The maximum Gasteiger partial charge on any atom is 0.245 e. The summed E-state index contributed by atoms with van der Waals surface area (Å²) in [5.41, 5.74) is 0. The summed E-state index contributed by atoms with van der Waals surface area (Å²) in [6.45, 7) is 5.40. The zero-order valence-corrected chi connectivity index (χ0v) is 12.5. The van der Waals surface area contributed by atoms with Crippen LogP contribution in [0.2, 0.25) is 0 Å². The van der Waals surface area contributed by atoms with Crippen LogP contribution in [0.5, 0.6) is 0 Å². The third-order valence-electron chi connectivity index (χ3n) is 3.45. The third kappa shape index (κ3) is 3.92. The second-order valence-corrected chi connectivity index (χ2v) is 7.24. The number of rotatable bonds is 6. The van der Waals surface area contributed by atoms with Crippen LogP contribution in [0, 0.1) is 0 Å². The minimum Gasteiger partial charge on any atom is -0.343 e. The molecule has 2 atom stereocenters. The highest BCUT2D eigenvalue weighted by Gasteiger charge is 2.36. The summed E-state index contributed by atoms with van der Waals surface area (Å²) in [7, 11) is -3.03. The number of hydrogen-bond donors (Lipinski definition) is 1. The van der Waals surface area contributed by atoms with Crippen molar-refractivity contribution in [2.45, 2.75) is 45.7 Å². The molecule has 2 amide bonds. The Hall–Kier alpha value is -1.11. The molecule has 6 nitrogen and oxygen atoms in total. The average Bonchev–Trinajstić information content (AvgIpc) is 2.37. The average molecular weight is 290 g/mol. The van der Waals surface area contributed by atoms with Gasteiger partial charge in [0.25, 0.3) is 0 Å². The van der Waals surface area contributed by atoms with Crippen molar-refractivity contribution in [2.24, 2.45) is 0 Å². The molecule has 0 aromatic heterocycles. The van der Waals surface area contributed by atoms with E-state index in [1.807, 2.05) is 6.92 Å². The molecule has 0 radical (unpaired) electrons. The number of hydrogen-bond acceptors (Lipinski definition) is 4. The molecule has 2 unspecified atom stereocenters. The summed E-state index contributed by atoms with van der Waals surface area (Å²) in [6, 6.07) is -1.01. The van der Waals surface area contributed by atoms with Crippen LogP contribution in [0.15, 0.2) is 0 Å². The van der Waals surface area contributed by atoms with Crippen LogP contribution in [0.3, 0.4) is 0 Å². The van der Waals surface area contributed by atoms with E-state index in [0.717, 1.165) is 0 Å². The number of carbonyl (C=O) groups excluding carboxylic acids is 2. The molecule has 0 aromatic rings. The van der Waals surface area contributed by atoms with Crippen molar-refractivity contribution < 1.29 is 18.0 Å². The van der Waals surface area contributed by atoms with Crippen molar-refractivity contribution in [1.29, 1.82) is 0 Å². The number of piperazine rings is 1. The molecule has 0 aromatic carbocycles. The first kappa shape index (κ1) is 15.9. The molecule has 1 fully saturated rings. The molecule has 0 aliphatic carbocycles. The normalized spacial score (nSPS) is 24.5. The predicted octanol–water partition coefficient (Wildman–Crippen LogP) is -0.0633. The molecule has 1 aliphatic rings. The number of amides is 2. The molecule has 1 saturated heterocycles. The van der Waals surface area contributed by atoms with Gasteiger partial charge in [0.05, 0.1) is 5.75 Å². The second kappa shape index (κ2) is 6.36. The van der Waals surface area contributed by atoms with E-state index in [4.69, 9.17) is 0 Å². The van der Waals surface area contributed by atoms with Crippen molar-refractivity contribution in [3.05, 3.63) is 0 Å². The van der Waals surface area contributed by atoms with Crippen LogP contribution in [0.25, 0.3) is 0 Å². The summed E-state index contributed by atoms with van der Waals surface area (Å²) in [4.78, 5) is 25.3. The second-order valence-electron chi connectivity index (χ2n) is 4.77. The van der Waals surface area contributed by atoms with Crippen LogP contribution in [-0.2, 0) is 19.4 Å². The molecule has 0 spiro atoms. The van der Waals surface area contributed by atoms with Crippen molar-refractivity contribution in [2.75, 3.05) is 18.1 Å². The van der Waals surface area contributed by atoms with Crippen LogP contribution in [0.4, 0.5) is 0 Å². The summed E-state index contributed by atoms with van der Waals surface area (Å²) in [6.07, 6.45) is 0.914. The van der Waals surface area contributed by atoms with E-state index >= 15 is 0 Å². The van der Waals surface area contributed by atoms with Crippen LogP contribution < -0.4 is 5.32 Å². The zero-order valence-electron chi connectivity index (χ0n) is 11.7. The fourth-order valence-electron chi connectivity index (χ4n) is 2.07. The van der Waals surface area contributed by atoms with Crippen LogP contribution in [-0.4, -0.2) is 55.3 Å². The van der Waals surface area contributed by atoms with Crippen LogP contribution >= 0.6 is 0 Å². The van der Waals surface area contributed by atoms with Crippen molar-refractivity contribution in [3.8, 4) is 0 Å². The summed E-state index contributed by atoms with van der Waals surface area (Å²) in [5.74, 6) is -0.138. The molecule has 110 valence electrons. The van der Waals surface area contributed by atoms with E-state index in [0.29, 0.717) is 19.4 Å². The van der Waals surface area contributed by atoms with Crippen molar-refractivity contribution in [3.63, 3.8) is 0 Å². The lowest BCUT2D eigenvalue weighted by Gasteiger charge is -2.37. The monoisotopic (exact) mass is 290 g/mol. The van der Waals surface area contributed by atoms with Crippen molar-refractivity contribution >= 4 is 21.7 Å². The summed E-state index contributed by atoms with van der Waals surface area (Å²) in [5, 5.41) is 2.66.